The van der Waals surface area contributed by atoms with Gasteiger partial charge in [-0.3, -0.25) is 14.3 Å². The molecule has 0 radical (unpaired) electrons. The Morgan fingerprint density at radius 1 is 1.03 bits per heavy atom. The third-order valence-corrected chi connectivity index (χ3v) is 7.90. The maximum Gasteiger partial charge on any atom is 0.295 e. The number of aromatic nitrogens is 2. The molecule has 0 spiro atoms. The molecule has 1 N–H and O–H groups in total. The highest BCUT2D eigenvalue weighted by atomic mass is 16.2. The normalized spacial score (nSPS) is 35.1. The van der Waals surface area contributed by atoms with Gasteiger partial charge in [-0.25, -0.2) is 4.68 Å². The molecule has 5 nitrogen and oxygen atoms in total. The number of anilines is 1. The smallest absolute Gasteiger partial charge is 0.295 e. The topological polar surface area (TPSA) is 56.0 Å². The van der Waals surface area contributed by atoms with Gasteiger partial charge in [-0.05, 0) is 74.3 Å². The molecule has 4 fully saturated rings. The van der Waals surface area contributed by atoms with Crippen LogP contribution in [0.25, 0.3) is 5.69 Å². The molecule has 1 aromatic carbocycles. The van der Waals surface area contributed by atoms with Gasteiger partial charge in [0.2, 0.25) is 5.91 Å². The monoisotopic (exact) mass is 393 g/mol. The van der Waals surface area contributed by atoms with Crippen molar-refractivity contribution in [3.05, 3.63) is 46.4 Å². The fourth-order valence-electron chi connectivity index (χ4n) is 7.66. The lowest BCUT2D eigenvalue weighted by Gasteiger charge is -2.64. The second-order valence-electron chi connectivity index (χ2n) is 10.8. The van der Waals surface area contributed by atoms with Crippen molar-refractivity contribution in [2.24, 2.45) is 29.2 Å². The zero-order valence-electron chi connectivity index (χ0n) is 17.9. The zero-order valence-corrected chi connectivity index (χ0v) is 17.9. The Labute approximate surface area is 172 Å². The minimum absolute atomic E-state index is 0.0602. The van der Waals surface area contributed by atoms with Gasteiger partial charge in [0.05, 0.1) is 16.8 Å². The number of rotatable bonds is 3. The average molecular weight is 394 g/mol. The molecule has 2 aromatic rings. The van der Waals surface area contributed by atoms with Crippen LogP contribution in [0.3, 0.4) is 0 Å². The van der Waals surface area contributed by atoms with Crippen molar-refractivity contribution in [2.45, 2.75) is 59.3 Å². The van der Waals surface area contributed by atoms with E-state index in [9.17, 15) is 9.59 Å². The molecule has 6 rings (SSSR count). The Bertz CT molecular complexity index is 1030. The van der Waals surface area contributed by atoms with Gasteiger partial charge in [0.15, 0.2) is 0 Å². The van der Waals surface area contributed by atoms with Gasteiger partial charge in [-0.2, -0.15) is 0 Å². The van der Waals surface area contributed by atoms with Crippen LogP contribution < -0.4 is 10.9 Å². The first-order chi connectivity index (χ1) is 13.6. The first-order valence-electron chi connectivity index (χ1n) is 10.8. The van der Waals surface area contributed by atoms with E-state index >= 15 is 0 Å². The number of benzene rings is 1. The summed E-state index contributed by atoms with van der Waals surface area (Å²) in [6.45, 7) is 6.64. The van der Waals surface area contributed by atoms with Gasteiger partial charge >= 0.3 is 0 Å². The second-order valence-corrected chi connectivity index (χ2v) is 10.8. The van der Waals surface area contributed by atoms with Gasteiger partial charge < -0.3 is 5.32 Å². The van der Waals surface area contributed by atoms with Gasteiger partial charge in [0.1, 0.15) is 5.69 Å². The molecule has 4 aliphatic rings. The molecular weight excluding hydrogens is 362 g/mol. The molecule has 0 unspecified atom stereocenters. The van der Waals surface area contributed by atoms with Crippen molar-refractivity contribution in [3.8, 4) is 5.69 Å². The summed E-state index contributed by atoms with van der Waals surface area (Å²) in [5.74, 6) is 0.704. The van der Waals surface area contributed by atoms with Gasteiger partial charge in [0, 0.05) is 7.05 Å². The van der Waals surface area contributed by atoms with Gasteiger partial charge in [-0.1, -0.05) is 32.0 Å². The van der Waals surface area contributed by atoms with Crippen LogP contribution in [0, 0.1) is 29.1 Å². The van der Waals surface area contributed by atoms with Crippen LogP contribution >= 0.6 is 0 Å². The van der Waals surface area contributed by atoms with E-state index in [4.69, 9.17) is 0 Å². The Balaban J connectivity index is 1.50. The summed E-state index contributed by atoms with van der Waals surface area (Å²) < 4.78 is 3.46. The van der Waals surface area contributed by atoms with Crippen molar-refractivity contribution in [1.29, 1.82) is 0 Å². The second kappa shape index (κ2) is 5.87. The van der Waals surface area contributed by atoms with Crippen molar-refractivity contribution >= 4 is 11.6 Å². The molecule has 1 heterocycles. The number of hydrogen-bond acceptors (Lipinski definition) is 2. The predicted molar refractivity (Wildman–Crippen MR) is 114 cm³/mol. The fraction of sp³-hybridized carbons (Fsp3) is 0.583. The van der Waals surface area contributed by atoms with Crippen molar-refractivity contribution < 1.29 is 4.79 Å². The van der Waals surface area contributed by atoms with E-state index < -0.39 is 0 Å². The number of nitrogens with zero attached hydrogens (tertiary/aromatic N) is 2. The van der Waals surface area contributed by atoms with Crippen LogP contribution in [-0.2, 0) is 11.8 Å². The van der Waals surface area contributed by atoms with Crippen molar-refractivity contribution in [1.82, 2.24) is 9.36 Å². The molecule has 5 heteroatoms. The SMILES string of the molecule is Cc1c(NC(=O)C23CC4C[C@](C)(C2)C[C@](C)(C4)C3)c(=O)n(-c2ccccc2)n1C. The van der Waals surface area contributed by atoms with Crippen LogP contribution in [0.4, 0.5) is 5.69 Å². The van der Waals surface area contributed by atoms with E-state index in [1.54, 1.807) is 4.68 Å². The van der Waals surface area contributed by atoms with Crippen LogP contribution in [0.1, 0.15) is 58.1 Å². The zero-order chi connectivity index (χ0) is 20.6. The fourth-order valence-corrected chi connectivity index (χ4v) is 7.66. The molecule has 4 bridgehead atoms. The number of hydrogen-bond donors (Lipinski definition) is 1. The van der Waals surface area contributed by atoms with Crippen LogP contribution in [0.15, 0.2) is 35.1 Å². The molecule has 0 saturated heterocycles. The largest absolute Gasteiger partial charge is 0.319 e. The van der Waals surface area contributed by atoms with Gasteiger partial charge in [-0.15, -0.1) is 0 Å². The van der Waals surface area contributed by atoms with E-state index in [0.29, 0.717) is 11.6 Å². The summed E-state index contributed by atoms with van der Waals surface area (Å²) in [5, 5.41) is 3.11. The summed E-state index contributed by atoms with van der Waals surface area (Å²) in [6, 6.07) is 9.58. The van der Waals surface area contributed by atoms with Crippen molar-refractivity contribution in [2.75, 3.05) is 5.32 Å². The molecule has 1 amide bonds. The molecule has 4 aliphatic carbocycles. The molecule has 4 saturated carbocycles. The van der Waals surface area contributed by atoms with E-state index in [1.807, 2.05) is 49.0 Å². The highest BCUT2D eigenvalue weighted by Crippen LogP contribution is 2.69. The summed E-state index contributed by atoms with van der Waals surface area (Å²) >= 11 is 0. The van der Waals surface area contributed by atoms with E-state index in [2.05, 4.69) is 19.2 Å². The predicted octanol–water partition coefficient (Wildman–Crippen LogP) is 4.42. The van der Waals surface area contributed by atoms with Crippen LogP contribution in [-0.4, -0.2) is 15.3 Å². The minimum Gasteiger partial charge on any atom is -0.319 e. The van der Waals surface area contributed by atoms with E-state index in [0.717, 1.165) is 30.6 Å². The third kappa shape index (κ3) is 2.73. The standard InChI is InChI=1S/C24H31N3O2/c1-16-19(20(28)27(26(16)4)18-8-6-5-7-9-18)25-21(29)24-12-17-10-22(2,14-24)13-23(3,11-17)15-24/h5-9,17H,10-15H2,1-4H3,(H,25,29)/t17?,22-,23-,24?/m0/s1. The third-order valence-electron chi connectivity index (χ3n) is 7.90. The molecule has 0 aliphatic heterocycles. The number of para-hydroxylation sites is 1. The number of nitrogens with one attached hydrogen (secondary N) is 1. The summed E-state index contributed by atoms with van der Waals surface area (Å²) in [6.07, 6.45) is 6.62. The lowest BCUT2D eigenvalue weighted by molar-refractivity contribution is -0.165. The van der Waals surface area contributed by atoms with Crippen LogP contribution in [0.2, 0.25) is 0 Å². The van der Waals surface area contributed by atoms with Crippen LogP contribution in [0.5, 0.6) is 0 Å². The summed E-state index contributed by atoms with van der Waals surface area (Å²) in [4.78, 5) is 26.9. The Morgan fingerprint density at radius 3 is 2.24 bits per heavy atom. The Kier molecular flexibility index (Phi) is 3.78. The van der Waals surface area contributed by atoms with Gasteiger partial charge in [0.25, 0.3) is 5.56 Å². The number of amides is 1. The molecule has 1 aromatic heterocycles. The molecule has 154 valence electrons. The van der Waals surface area contributed by atoms with E-state index in [-0.39, 0.29) is 27.7 Å². The molecular formula is C24H31N3O2. The lowest BCUT2D eigenvalue weighted by Crippen LogP contribution is -2.58. The number of carbonyl (C=O) groups is 1. The lowest BCUT2D eigenvalue weighted by atomic mass is 9.40. The van der Waals surface area contributed by atoms with E-state index in [1.165, 1.54) is 19.3 Å². The first kappa shape index (κ1) is 18.7. The maximum absolute atomic E-state index is 13.6. The maximum atomic E-state index is 13.6. The minimum atomic E-state index is -0.324. The summed E-state index contributed by atoms with van der Waals surface area (Å²) in [7, 11) is 1.87. The number of carbonyl (C=O) groups excluding carboxylic acids is 1. The highest BCUT2D eigenvalue weighted by molar-refractivity contribution is 5.96. The molecule has 29 heavy (non-hydrogen) atoms. The van der Waals surface area contributed by atoms with Crippen molar-refractivity contribution in [3.63, 3.8) is 0 Å². The first-order valence-corrected chi connectivity index (χ1v) is 10.8. The highest BCUT2D eigenvalue weighted by Gasteiger charge is 2.62. The average Bonchev–Trinajstić information content (AvgIpc) is 2.83. The Hall–Kier alpha value is -2.30. The molecule has 2 atom stereocenters. The Morgan fingerprint density at radius 2 is 1.66 bits per heavy atom. The summed E-state index contributed by atoms with van der Waals surface area (Å²) in [5.41, 5.74) is 2.06. The quantitative estimate of drug-likeness (QED) is 0.839.